The van der Waals surface area contributed by atoms with Crippen LogP contribution in [0, 0.1) is 12.7 Å². The Morgan fingerprint density at radius 2 is 1.95 bits per heavy atom. The van der Waals surface area contributed by atoms with Crippen LogP contribution >= 0.6 is 11.6 Å². The summed E-state index contributed by atoms with van der Waals surface area (Å²) in [6.07, 6.45) is 1.64. The molecule has 3 heteroatoms. The van der Waals surface area contributed by atoms with Gasteiger partial charge in [-0.1, -0.05) is 60.5 Å². The Kier molecular flexibility index (Phi) is 5.77. The van der Waals surface area contributed by atoms with Crippen LogP contribution in [0.2, 0.25) is 5.02 Å². The van der Waals surface area contributed by atoms with Crippen LogP contribution in [-0.2, 0) is 6.42 Å². The first kappa shape index (κ1) is 16.0. The zero-order valence-corrected chi connectivity index (χ0v) is 13.3. The SMILES string of the molecule is CCCNC(Cc1cccc(Cl)c1F)c1cccc(C)c1. The van der Waals surface area contributed by atoms with Gasteiger partial charge in [-0.2, -0.15) is 0 Å². The number of benzene rings is 2. The van der Waals surface area contributed by atoms with E-state index in [0.717, 1.165) is 13.0 Å². The van der Waals surface area contributed by atoms with E-state index in [-0.39, 0.29) is 16.9 Å². The predicted octanol–water partition coefficient (Wildman–Crippen LogP) is 5.07. The summed E-state index contributed by atoms with van der Waals surface area (Å²) in [4.78, 5) is 0. The van der Waals surface area contributed by atoms with Crippen molar-refractivity contribution in [2.45, 2.75) is 32.7 Å². The Hall–Kier alpha value is -1.38. The Balaban J connectivity index is 2.26. The molecule has 0 bridgehead atoms. The molecule has 0 fully saturated rings. The molecule has 112 valence electrons. The molecular weight excluding hydrogens is 285 g/mol. The monoisotopic (exact) mass is 305 g/mol. The molecule has 1 N–H and O–H groups in total. The average molecular weight is 306 g/mol. The Morgan fingerprint density at radius 1 is 1.19 bits per heavy atom. The van der Waals surface area contributed by atoms with Crippen LogP contribution in [0.25, 0.3) is 0 Å². The molecule has 2 aromatic carbocycles. The van der Waals surface area contributed by atoms with Crippen molar-refractivity contribution < 1.29 is 4.39 Å². The van der Waals surface area contributed by atoms with Crippen molar-refractivity contribution in [2.75, 3.05) is 6.54 Å². The van der Waals surface area contributed by atoms with Gasteiger partial charge in [-0.3, -0.25) is 0 Å². The van der Waals surface area contributed by atoms with Gasteiger partial charge in [0.2, 0.25) is 0 Å². The maximum Gasteiger partial charge on any atom is 0.145 e. The Bertz CT molecular complexity index is 598. The maximum absolute atomic E-state index is 14.1. The Morgan fingerprint density at radius 3 is 2.67 bits per heavy atom. The number of hydrogen-bond donors (Lipinski definition) is 1. The lowest BCUT2D eigenvalue weighted by Crippen LogP contribution is -2.24. The van der Waals surface area contributed by atoms with Crippen molar-refractivity contribution in [1.82, 2.24) is 5.32 Å². The lowest BCUT2D eigenvalue weighted by molar-refractivity contribution is 0.513. The second kappa shape index (κ2) is 7.58. The molecule has 2 rings (SSSR count). The number of nitrogens with one attached hydrogen (secondary N) is 1. The van der Waals surface area contributed by atoms with Crippen LogP contribution in [0.5, 0.6) is 0 Å². The van der Waals surface area contributed by atoms with Crippen molar-refractivity contribution >= 4 is 11.6 Å². The van der Waals surface area contributed by atoms with Crippen LogP contribution in [0.15, 0.2) is 42.5 Å². The maximum atomic E-state index is 14.1. The highest BCUT2D eigenvalue weighted by molar-refractivity contribution is 6.30. The molecule has 1 unspecified atom stereocenters. The van der Waals surface area contributed by atoms with Gasteiger partial charge in [0, 0.05) is 6.04 Å². The van der Waals surface area contributed by atoms with Crippen molar-refractivity contribution in [1.29, 1.82) is 0 Å². The summed E-state index contributed by atoms with van der Waals surface area (Å²) in [5, 5.41) is 3.68. The van der Waals surface area contributed by atoms with E-state index < -0.39 is 0 Å². The molecule has 0 spiro atoms. The third-order valence-corrected chi connectivity index (χ3v) is 3.83. The second-order valence-corrected chi connectivity index (χ2v) is 5.75. The van der Waals surface area contributed by atoms with E-state index in [1.165, 1.54) is 11.1 Å². The highest BCUT2D eigenvalue weighted by Gasteiger charge is 2.15. The number of rotatable bonds is 6. The standard InChI is InChI=1S/C18H21ClFN/c1-3-10-21-17(14-7-4-6-13(2)11-14)12-15-8-5-9-16(19)18(15)20/h4-9,11,17,21H,3,10,12H2,1-2H3. The van der Waals surface area contributed by atoms with Gasteiger partial charge in [0.05, 0.1) is 5.02 Å². The first-order valence-corrected chi connectivity index (χ1v) is 7.72. The molecule has 0 amide bonds. The molecule has 0 saturated heterocycles. The smallest absolute Gasteiger partial charge is 0.145 e. The zero-order valence-electron chi connectivity index (χ0n) is 12.5. The molecule has 0 aliphatic rings. The summed E-state index contributed by atoms with van der Waals surface area (Å²) in [7, 11) is 0. The van der Waals surface area contributed by atoms with Gasteiger partial charge in [0.15, 0.2) is 0 Å². The molecule has 0 aliphatic carbocycles. The average Bonchev–Trinajstić information content (AvgIpc) is 2.47. The summed E-state index contributed by atoms with van der Waals surface area (Å²) < 4.78 is 14.1. The molecule has 0 radical (unpaired) electrons. The van der Waals surface area contributed by atoms with E-state index >= 15 is 0 Å². The lowest BCUT2D eigenvalue weighted by atomic mass is 9.97. The van der Waals surface area contributed by atoms with Gasteiger partial charge in [-0.15, -0.1) is 0 Å². The molecule has 0 aliphatic heterocycles. The summed E-state index contributed by atoms with van der Waals surface area (Å²) in [6, 6.07) is 13.6. The largest absolute Gasteiger partial charge is 0.310 e. The van der Waals surface area contributed by atoms with Crippen molar-refractivity contribution in [3.05, 3.63) is 70.0 Å². The molecule has 0 aromatic heterocycles. The van der Waals surface area contributed by atoms with Crippen LogP contribution < -0.4 is 5.32 Å². The predicted molar refractivity (Wildman–Crippen MR) is 87.3 cm³/mol. The van der Waals surface area contributed by atoms with E-state index in [1.807, 2.05) is 6.07 Å². The molecule has 1 nitrogen and oxygen atoms in total. The van der Waals surface area contributed by atoms with E-state index in [1.54, 1.807) is 18.2 Å². The molecule has 21 heavy (non-hydrogen) atoms. The van der Waals surface area contributed by atoms with Crippen LogP contribution in [0.4, 0.5) is 4.39 Å². The van der Waals surface area contributed by atoms with E-state index in [9.17, 15) is 4.39 Å². The fourth-order valence-corrected chi connectivity index (χ4v) is 2.63. The van der Waals surface area contributed by atoms with Crippen LogP contribution in [0.3, 0.4) is 0 Å². The Labute approximate surface area is 131 Å². The van der Waals surface area contributed by atoms with Gasteiger partial charge in [-0.25, -0.2) is 4.39 Å². The number of aryl methyl sites for hydroxylation is 1. The quantitative estimate of drug-likeness (QED) is 0.785. The third-order valence-electron chi connectivity index (χ3n) is 3.54. The zero-order chi connectivity index (χ0) is 15.2. The van der Waals surface area contributed by atoms with Crippen molar-refractivity contribution in [2.24, 2.45) is 0 Å². The molecule has 2 aromatic rings. The van der Waals surface area contributed by atoms with Crippen LogP contribution in [0.1, 0.15) is 36.1 Å². The summed E-state index contributed by atoms with van der Waals surface area (Å²) in [5.74, 6) is -0.310. The van der Waals surface area contributed by atoms with Crippen molar-refractivity contribution in [3.63, 3.8) is 0 Å². The van der Waals surface area contributed by atoms with E-state index in [2.05, 4.69) is 37.4 Å². The lowest BCUT2D eigenvalue weighted by Gasteiger charge is -2.20. The highest BCUT2D eigenvalue weighted by Crippen LogP contribution is 2.24. The van der Waals surface area contributed by atoms with Gasteiger partial charge in [0.25, 0.3) is 0 Å². The minimum atomic E-state index is -0.310. The summed E-state index contributed by atoms with van der Waals surface area (Å²) >= 11 is 5.88. The van der Waals surface area contributed by atoms with Gasteiger partial charge < -0.3 is 5.32 Å². The third kappa shape index (κ3) is 4.29. The fourth-order valence-electron chi connectivity index (χ4n) is 2.44. The topological polar surface area (TPSA) is 12.0 Å². The first-order chi connectivity index (χ1) is 10.1. The molecule has 1 atom stereocenters. The molecule has 0 saturated carbocycles. The van der Waals surface area contributed by atoms with E-state index in [4.69, 9.17) is 11.6 Å². The molecular formula is C18H21ClFN. The minimum Gasteiger partial charge on any atom is -0.310 e. The van der Waals surface area contributed by atoms with Gasteiger partial charge in [0.1, 0.15) is 5.82 Å². The van der Waals surface area contributed by atoms with E-state index in [0.29, 0.717) is 12.0 Å². The first-order valence-electron chi connectivity index (χ1n) is 7.34. The minimum absolute atomic E-state index is 0.0952. The summed E-state index contributed by atoms with van der Waals surface area (Å²) in [5.41, 5.74) is 3.04. The van der Waals surface area contributed by atoms with Gasteiger partial charge >= 0.3 is 0 Å². The number of hydrogen-bond acceptors (Lipinski definition) is 1. The van der Waals surface area contributed by atoms with Crippen molar-refractivity contribution in [3.8, 4) is 0 Å². The molecule has 0 heterocycles. The van der Waals surface area contributed by atoms with Gasteiger partial charge in [-0.05, 0) is 43.5 Å². The highest BCUT2D eigenvalue weighted by atomic mass is 35.5. The summed E-state index contributed by atoms with van der Waals surface area (Å²) in [6.45, 7) is 5.10. The fraction of sp³-hybridized carbons (Fsp3) is 0.333. The normalized spacial score (nSPS) is 12.4. The number of halogens is 2. The second-order valence-electron chi connectivity index (χ2n) is 5.34. The van der Waals surface area contributed by atoms with Crippen LogP contribution in [-0.4, -0.2) is 6.54 Å².